The first-order valence-electron chi connectivity index (χ1n) is 11.8. The summed E-state index contributed by atoms with van der Waals surface area (Å²) in [5, 5.41) is 0. The molecule has 1 saturated heterocycles. The quantitative estimate of drug-likeness (QED) is 0.600. The van der Waals surface area contributed by atoms with Crippen LogP contribution in [-0.2, 0) is 28.2 Å². The van der Waals surface area contributed by atoms with Crippen molar-refractivity contribution >= 4 is 5.82 Å². The van der Waals surface area contributed by atoms with E-state index in [4.69, 9.17) is 20.2 Å². The third-order valence-electron chi connectivity index (χ3n) is 7.70. The average molecular weight is 446 g/mol. The van der Waals surface area contributed by atoms with Gasteiger partial charge in [0.2, 0.25) is 0 Å². The van der Waals surface area contributed by atoms with Gasteiger partial charge in [0.05, 0.1) is 31.1 Å². The van der Waals surface area contributed by atoms with Gasteiger partial charge in [-0.25, -0.2) is 9.97 Å². The van der Waals surface area contributed by atoms with E-state index in [1.54, 1.807) is 0 Å². The first-order valence-corrected chi connectivity index (χ1v) is 11.8. The lowest BCUT2D eigenvalue weighted by Crippen LogP contribution is -2.79. The molecule has 2 N–H and O–H groups in total. The number of pyridine rings is 1. The van der Waals surface area contributed by atoms with Gasteiger partial charge in [-0.05, 0) is 43.4 Å². The van der Waals surface area contributed by atoms with Crippen molar-refractivity contribution in [2.24, 2.45) is 0 Å². The first kappa shape index (κ1) is 20.8. The summed E-state index contributed by atoms with van der Waals surface area (Å²) in [5.74, 6) is 1.56. The predicted molar refractivity (Wildman–Crippen MR) is 126 cm³/mol. The first-order chi connectivity index (χ1) is 16.1. The smallest absolute Gasteiger partial charge is 0.136 e. The summed E-state index contributed by atoms with van der Waals surface area (Å²) < 4.78 is 14.1. The molecule has 7 nitrogen and oxygen atoms in total. The third kappa shape index (κ3) is 3.55. The van der Waals surface area contributed by atoms with Crippen LogP contribution in [0.25, 0.3) is 11.3 Å². The molecule has 0 radical (unpaired) electrons. The van der Waals surface area contributed by atoms with Crippen LogP contribution in [0.1, 0.15) is 36.2 Å². The SMILES string of the molecule is Cc1cc(-c2cn(C34CC(N5CCOCC5)(C3)C4)c(COCc3ccccc3)n2)cnc1N. The second kappa shape index (κ2) is 7.94. The number of benzene rings is 1. The van der Waals surface area contributed by atoms with Gasteiger partial charge in [0.25, 0.3) is 0 Å². The molecule has 4 aliphatic rings. The number of anilines is 1. The molecule has 0 atom stereocenters. The highest BCUT2D eigenvalue weighted by Gasteiger charge is 2.71. The second-order valence-electron chi connectivity index (χ2n) is 9.90. The van der Waals surface area contributed by atoms with E-state index in [0.29, 0.717) is 24.6 Å². The standard InChI is InChI=1S/C26H31N5O2/c1-19-11-21(12-28-24(19)27)22-13-31(23(29-22)15-33-14-20-5-3-2-4-6-20)26-16-25(17-26,18-26)30-7-9-32-10-8-30/h2-6,11-13H,7-10,14-18H2,1H3,(H2,27,28). The summed E-state index contributed by atoms with van der Waals surface area (Å²) in [5.41, 5.74) is 10.5. The second-order valence-corrected chi connectivity index (χ2v) is 9.90. The predicted octanol–water partition coefficient (Wildman–Crippen LogP) is 3.52. The van der Waals surface area contributed by atoms with Crippen molar-refractivity contribution in [3.8, 4) is 11.3 Å². The topological polar surface area (TPSA) is 78.4 Å². The molecule has 0 spiro atoms. The van der Waals surface area contributed by atoms with E-state index >= 15 is 0 Å². The molecule has 3 aliphatic carbocycles. The van der Waals surface area contributed by atoms with E-state index in [1.807, 2.05) is 31.3 Å². The van der Waals surface area contributed by atoms with E-state index in [0.717, 1.165) is 48.9 Å². The summed E-state index contributed by atoms with van der Waals surface area (Å²) in [6.07, 6.45) is 7.57. The molecule has 1 aliphatic heterocycles. The summed E-state index contributed by atoms with van der Waals surface area (Å²) in [6.45, 7) is 6.86. The largest absolute Gasteiger partial charge is 0.383 e. The Morgan fingerprint density at radius 2 is 1.82 bits per heavy atom. The average Bonchev–Trinajstić information content (AvgIpc) is 3.19. The maximum atomic E-state index is 6.12. The molecule has 3 saturated carbocycles. The van der Waals surface area contributed by atoms with E-state index < -0.39 is 0 Å². The number of nitrogens with zero attached hydrogens (tertiary/aromatic N) is 4. The van der Waals surface area contributed by atoms with Crippen molar-refractivity contribution in [3.63, 3.8) is 0 Å². The number of nitrogens with two attached hydrogens (primary N) is 1. The highest BCUT2D eigenvalue weighted by atomic mass is 16.5. The Labute approximate surface area is 194 Å². The van der Waals surface area contributed by atoms with E-state index in [9.17, 15) is 0 Å². The van der Waals surface area contributed by atoms with Crippen LogP contribution in [0.4, 0.5) is 5.82 Å². The zero-order chi connectivity index (χ0) is 22.5. The maximum Gasteiger partial charge on any atom is 0.136 e. The maximum absolute atomic E-state index is 6.12. The third-order valence-corrected chi connectivity index (χ3v) is 7.70. The Bertz CT molecular complexity index is 1130. The molecule has 7 rings (SSSR count). The van der Waals surface area contributed by atoms with Crippen molar-refractivity contribution in [3.05, 3.63) is 65.7 Å². The Morgan fingerprint density at radius 3 is 2.55 bits per heavy atom. The molecule has 1 aromatic carbocycles. The lowest BCUT2D eigenvalue weighted by atomic mass is 9.43. The van der Waals surface area contributed by atoms with Crippen LogP contribution < -0.4 is 5.73 Å². The van der Waals surface area contributed by atoms with E-state index in [1.165, 1.54) is 24.8 Å². The van der Waals surface area contributed by atoms with Gasteiger partial charge in [0, 0.05) is 36.6 Å². The van der Waals surface area contributed by atoms with Crippen LogP contribution >= 0.6 is 0 Å². The minimum atomic E-state index is 0.158. The van der Waals surface area contributed by atoms with Crippen molar-refractivity contribution in [1.29, 1.82) is 0 Å². The molecular weight excluding hydrogens is 414 g/mol. The van der Waals surface area contributed by atoms with E-state index in [2.05, 4.69) is 38.8 Å². The molecule has 2 aromatic heterocycles. The Balaban J connectivity index is 1.24. The van der Waals surface area contributed by atoms with Crippen molar-refractivity contribution in [1.82, 2.24) is 19.4 Å². The van der Waals surface area contributed by atoms with Crippen LogP contribution in [0, 0.1) is 6.92 Å². The zero-order valence-corrected chi connectivity index (χ0v) is 19.2. The fraction of sp³-hybridized carbons (Fsp3) is 0.462. The van der Waals surface area contributed by atoms with Crippen LogP contribution in [0.3, 0.4) is 0 Å². The van der Waals surface area contributed by atoms with Crippen LogP contribution in [0.2, 0.25) is 0 Å². The molecule has 0 unspecified atom stereocenters. The van der Waals surface area contributed by atoms with Gasteiger partial charge in [-0.3, -0.25) is 4.90 Å². The summed E-state index contributed by atoms with van der Waals surface area (Å²) in [7, 11) is 0. The van der Waals surface area contributed by atoms with Gasteiger partial charge in [0.15, 0.2) is 0 Å². The fourth-order valence-electron chi connectivity index (χ4n) is 5.94. The Hall–Kier alpha value is -2.74. The molecule has 3 heterocycles. The molecule has 3 aromatic rings. The van der Waals surface area contributed by atoms with Gasteiger partial charge in [0.1, 0.15) is 18.2 Å². The minimum Gasteiger partial charge on any atom is -0.383 e. The highest BCUT2D eigenvalue weighted by Crippen LogP contribution is 2.68. The summed E-state index contributed by atoms with van der Waals surface area (Å²) in [6, 6.07) is 12.4. The molecular formula is C26H31N5O2. The monoisotopic (exact) mass is 445 g/mol. The van der Waals surface area contributed by atoms with Crippen LogP contribution in [0.15, 0.2) is 48.8 Å². The van der Waals surface area contributed by atoms with Crippen molar-refractivity contribution in [2.75, 3.05) is 32.0 Å². The molecule has 172 valence electrons. The van der Waals surface area contributed by atoms with Gasteiger partial charge in [-0.15, -0.1) is 0 Å². The zero-order valence-electron chi connectivity index (χ0n) is 19.2. The molecule has 33 heavy (non-hydrogen) atoms. The Kier molecular flexibility index (Phi) is 5.01. The number of hydrogen-bond donors (Lipinski definition) is 1. The van der Waals surface area contributed by atoms with Crippen LogP contribution in [0.5, 0.6) is 0 Å². The lowest BCUT2D eigenvalue weighted by Gasteiger charge is -2.74. The molecule has 0 amide bonds. The normalized spacial score (nSPS) is 26.6. The minimum absolute atomic E-state index is 0.158. The summed E-state index contributed by atoms with van der Waals surface area (Å²) in [4.78, 5) is 12.0. The van der Waals surface area contributed by atoms with E-state index in [-0.39, 0.29) is 5.54 Å². The highest BCUT2D eigenvalue weighted by molar-refractivity contribution is 5.61. The Morgan fingerprint density at radius 1 is 1.06 bits per heavy atom. The van der Waals surface area contributed by atoms with Crippen molar-refractivity contribution < 1.29 is 9.47 Å². The number of aromatic nitrogens is 3. The van der Waals surface area contributed by atoms with Gasteiger partial charge in [-0.2, -0.15) is 0 Å². The number of aryl methyl sites for hydroxylation is 1. The van der Waals surface area contributed by atoms with Gasteiger partial charge in [-0.1, -0.05) is 30.3 Å². The molecule has 7 heteroatoms. The number of ether oxygens (including phenoxy) is 2. The fourth-order valence-corrected chi connectivity index (χ4v) is 5.94. The molecule has 4 fully saturated rings. The number of nitrogen functional groups attached to an aromatic ring is 1. The number of morpholine rings is 1. The van der Waals surface area contributed by atoms with Gasteiger partial charge < -0.3 is 19.8 Å². The number of imidazole rings is 1. The van der Waals surface area contributed by atoms with Crippen LogP contribution in [-0.4, -0.2) is 51.3 Å². The number of hydrogen-bond acceptors (Lipinski definition) is 6. The lowest BCUT2D eigenvalue weighted by molar-refractivity contribution is -0.221. The number of rotatable bonds is 7. The van der Waals surface area contributed by atoms with Gasteiger partial charge >= 0.3 is 0 Å². The van der Waals surface area contributed by atoms with Crippen molar-refractivity contribution in [2.45, 2.75) is 50.5 Å². The molecule has 2 bridgehead atoms. The summed E-state index contributed by atoms with van der Waals surface area (Å²) >= 11 is 0.